The summed E-state index contributed by atoms with van der Waals surface area (Å²) in [5.41, 5.74) is 1.13. The van der Waals surface area contributed by atoms with Gasteiger partial charge in [-0.1, -0.05) is 18.5 Å². The van der Waals surface area contributed by atoms with E-state index in [2.05, 4.69) is 12.2 Å². The maximum Gasteiger partial charge on any atom is 0.124 e. The molecule has 1 aromatic rings. The van der Waals surface area contributed by atoms with Crippen molar-refractivity contribution in [2.24, 2.45) is 0 Å². The van der Waals surface area contributed by atoms with Gasteiger partial charge in [-0.3, -0.25) is 0 Å². The van der Waals surface area contributed by atoms with E-state index in [9.17, 15) is 0 Å². The lowest BCUT2D eigenvalue weighted by Gasteiger charge is -2.29. The van der Waals surface area contributed by atoms with E-state index in [-0.39, 0.29) is 6.10 Å². The van der Waals surface area contributed by atoms with Crippen molar-refractivity contribution in [2.75, 3.05) is 13.7 Å². The fourth-order valence-corrected chi connectivity index (χ4v) is 3.00. The highest BCUT2D eigenvalue weighted by Crippen LogP contribution is 2.29. The molecule has 3 nitrogen and oxygen atoms in total. The molecule has 2 unspecified atom stereocenters. The minimum Gasteiger partial charge on any atom is -0.490 e. The smallest absolute Gasteiger partial charge is 0.124 e. The fraction of sp³-hybridized carbons (Fsp3) is 0.647. The fourth-order valence-electron chi connectivity index (χ4n) is 2.80. The first-order valence-corrected chi connectivity index (χ1v) is 8.29. The van der Waals surface area contributed by atoms with E-state index in [4.69, 9.17) is 21.1 Å². The third kappa shape index (κ3) is 5.17. The molecule has 2 atom stereocenters. The van der Waals surface area contributed by atoms with Crippen molar-refractivity contribution in [3.8, 4) is 5.75 Å². The Hall–Kier alpha value is -0.770. The van der Waals surface area contributed by atoms with Gasteiger partial charge in [0, 0.05) is 30.7 Å². The van der Waals surface area contributed by atoms with Crippen molar-refractivity contribution in [2.45, 2.75) is 57.8 Å². The quantitative estimate of drug-likeness (QED) is 0.766. The second-order valence-corrected chi connectivity index (χ2v) is 6.13. The molecule has 1 aromatic carbocycles. The monoisotopic (exact) mass is 311 g/mol. The van der Waals surface area contributed by atoms with Gasteiger partial charge in [0.1, 0.15) is 11.9 Å². The van der Waals surface area contributed by atoms with Gasteiger partial charge in [0.25, 0.3) is 0 Å². The van der Waals surface area contributed by atoms with Gasteiger partial charge < -0.3 is 14.8 Å². The van der Waals surface area contributed by atoms with Crippen LogP contribution in [0.3, 0.4) is 0 Å². The Balaban J connectivity index is 2.00. The van der Waals surface area contributed by atoms with E-state index in [0.717, 1.165) is 55.1 Å². The van der Waals surface area contributed by atoms with Crippen molar-refractivity contribution in [1.29, 1.82) is 0 Å². The van der Waals surface area contributed by atoms with Gasteiger partial charge in [-0.05, 0) is 50.4 Å². The Morgan fingerprint density at radius 2 is 2.10 bits per heavy atom. The van der Waals surface area contributed by atoms with Crippen LogP contribution < -0.4 is 10.1 Å². The molecule has 0 bridgehead atoms. The van der Waals surface area contributed by atoms with Crippen molar-refractivity contribution in [3.63, 3.8) is 0 Å². The van der Waals surface area contributed by atoms with E-state index >= 15 is 0 Å². The second kappa shape index (κ2) is 8.62. The number of methoxy groups -OCH3 is 1. The maximum atomic E-state index is 6.23. The van der Waals surface area contributed by atoms with E-state index in [1.54, 1.807) is 7.11 Å². The molecule has 1 N–H and O–H groups in total. The van der Waals surface area contributed by atoms with E-state index in [1.165, 1.54) is 6.42 Å². The lowest BCUT2D eigenvalue weighted by Crippen LogP contribution is -2.30. The Morgan fingerprint density at radius 3 is 2.86 bits per heavy atom. The Bertz CT molecular complexity index is 439. The molecule has 1 aliphatic rings. The van der Waals surface area contributed by atoms with Crippen molar-refractivity contribution >= 4 is 11.6 Å². The van der Waals surface area contributed by atoms with Crippen molar-refractivity contribution < 1.29 is 9.47 Å². The molecule has 2 rings (SSSR count). The number of rotatable bonds is 7. The molecule has 1 fully saturated rings. The number of hydrogen-bond acceptors (Lipinski definition) is 3. The van der Waals surface area contributed by atoms with Gasteiger partial charge in [-0.2, -0.15) is 0 Å². The predicted molar refractivity (Wildman–Crippen MR) is 87.1 cm³/mol. The molecular weight excluding hydrogens is 286 g/mol. The third-order valence-corrected chi connectivity index (χ3v) is 4.20. The van der Waals surface area contributed by atoms with Crippen LogP contribution in [0.5, 0.6) is 5.75 Å². The van der Waals surface area contributed by atoms with Crippen molar-refractivity contribution in [3.05, 3.63) is 28.8 Å². The number of halogens is 1. The topological polar surface area (TPSA) is 30.5 Å². The molecule has 0 aliphatic heterocycles. The predicted octanol–water partition coefficient (Wildman–Crippen LogP) is 4.18. The van der Waals surface area contributed by atoms with Gasteiger partial charge in [-0.15, -0.1) is 0 Å². The van der Waals surface area contributed by atoms with Crippen LogP contribution in [-0.4, -0.2) is 25.9 Å². The van der Waals surface area contributed by atoms with Gasteiger partial charge in [0.05, 0.1) is 6.10 Å². The summed E-state index contributed by atoms with van der Waals surface area (Å²) in [4.78, 5) is 0. The zero-order valence-corrected chi connectivity index (χ0v) is 13.8. The van der Waals surface area contributed by atoms with Gasteiger partial charge in [0.15, 0.2) is 0 Å². The highest BCUT2D eigenvalue weighted by molar-refractivity contribution is 6.30. The molecule has 21 heavy (non-hydrogen) atoms. The molecule has 4 heteroatoms. The van der Waals surface area contributed by atoms with Crippen LogP contribution >= 0.6 is 11.6 Å². The molecule has 1 aliphatic carbocycles. The van der Waals surface area contributed by atoms with Crippen LogP contribution in [0.2, 0.25) is 5.02 Å². The van der Waals surface area contributed by atoms with Crippen LogP contribution in [0.1, 0.15) is 44.6 Å². The van der Waals surface area contributed by atoms with E-state index in [1.807, 2.05) is 18.2 Å². The molecular formula is C17H26ClNO2. The average Bonchev–Trinajstić information content (AvgIpc) is 2.50. The Labute approximate surface area is 133 Å². The molecule has 0 amide bonds. The summed E-state index contributed by atoms with van der Waals surface area (Å²) in [6.45, 7) is 3.96. The lowest BCUT2D eigenvalue weighted by atomic mass is 9.95. The van der Waals surface area contributed by atoms with Crippen LogP contribution in [0.15, 0.2) is 18.2 Å². The summed E-state index contributed by atoms with van der Waals surface area (Å²) in [5, 5.41) is 4.17. The molecule has 118 valence electrons. The van der Waals surface area contributed by atoms with Crippen LogP contribution in [0.4, 0.5) is 0 Å². The first-order valence-electron chi connectivity index (χ1n) is 7.91. The van der Waals surface area contributed by atoms with Crippen LogP contribution in [-0.2, 0) is 11.3 Å². The van der Waals surface area contributed by atoms with Crippen molar-refractivity contribution in [1.82, 2.24) is 5.32 Å². The maximum absolute atomic E-state index is 6.23. The number of ether oxygens (including phenoxy) is 2. The van der Waals surface area contributed by atoms with Crippen LogP contribution in [0.25, 0.3) is 0 Å². The lowest BCUT2D eigenvalue weighted by molar-refractivity contribution is 0.0206. The highest BCUT2D eigenvalue weighted by atomic mass is 35.5. The summed E-state index contributed by atoms with van der Waals surface area (Å²) in [5.74, 6) is 0.949. The molecule has 0 radical (unpaired) electrons. The third-order valence-electron chi connectivity index (χ3n) is 3.97. The SMILES string of the molecule is CCCNCc1cc(Cl)ccc1OC1CCCC(OC)C1. The molecule has 0 spiro atoms. The number of benzene rings is 1. The zero-order chi connectivity index (χ0) is 15.1. The van der Waals surface area contributed by atoms with Gasteiger partial charge >= 0.3 is 0 Å². The minimum atomic E-state index is 0.245. The van der Waals surface area contributed by atoms with Crippen LogP contribution in [0, 0.1) is 0 Å². The standard InChI is InChI=1S/C17H26ClNO2/c1-3-9-19-12-13-10-14(18)7-8-17(13)21-16-6-4-5-15(11-16)20-2/h7-8,10,15-16,19H,3-6,9,11-12H2,1-2H3. The number of hydrogen-bond donors (Lipinski definition) is 1. The van der Waals surface area contributed by atoms with Gasteiger partial charge in [-0.25, -0.2) is 0 Å². The summed E-state index contributed by atoms with van der Waals surface area (Å²) < 4.78 is 11.7. The largest absolute Gasteiger partial charge is 0.490 e. The molecule has 0 saturated heterocycles. The molecule has 0 heterocycles. The summed E-state index contributed by atoms with van der Waals surface area (Å²) in [6.07, 6.45) is 6.08. The summed E-state index contributed by atoms with van der Waals surface area (Å²) in [7, 11) is 1.79. The number of nitrogens with one attached hydrogen (secondary N) is 1. The highest BCUT2D eigenvalue weighted by Gasteiger charge is 2.23. The molecule has 0 aromatic heterocycles. The van der Waals surface area contributed by atoms with Gasteiger partial charge in [0.2, 0.25) is 0 Å². The first-order chi connectivity index (χ1) is 10.2. The second-order valence-electron chi connectivity index (χ2n) is 5.69. The molecule has 1 saturated carbocycles. The summed E-state index contributed by atoms with van der Waals surface area (Å²) >= 11 is 6.11. The summed E-state index contributed by atoms with van der Waals surface area (Å²) in [6, 6.07) is 5.88. The normalized spacial score (nSPS) is 22.2. The first kappa shape index (κ1) is 16.6. The van der Waals surface area contributed by atoms with E-state index < -0.39 is 0 Å². The van der Waals surface area contributed by atoms with E-state index in [0.29, 0.717) is 6.10 Å². The minimum absolute atomic E-state index is 0.245. The Kier molecular flexibility index (Phi) is 6.81. The average molecular weight is 312 g/mol. The Morgan fingerprint density at radius 1 is 1.29 bits per heavy atom. The zero-order valence-electron chi connectivity index (χ0n) is 13.0.